The lowest BCUT2D eigenvalue weighted by Crippen LogP contribution is -2.38. The molecule has 0 amide bonds. The standard InChI is InChI=1S/C13H21NO3S2/c1-4-12(10-18-3)14(2)19(16,17)13-7-5-6-11(8-13)9-15/h5-8,12,15H,4,9-10H2,1-3H3. The van der Waals surface area contributed by atoms with E-state index in [-0.39, 0.29) is 17.5 Å². The largest absolute Gasteiger partial charge is 0.392 e. The number of benzene rings is 1. The molecular formula is C13H21NO3S2. The average molecular weight is 303 g/mol. The van der Waals surface area contributed by atoms with Gasteiger partial charge in [0.15, 0.2) is 0 Å². The van der Waals surface area contributed by atoms with Crippen LogP contribution in [0.25, 0.3) is 0 Å². The van der Waals surface area contributed by atoms with E-state index in [9.17, 15) is 8.42 Å². The molecule has 1 N–H and O–H groups in total. The minimum Gasteiger partial charge on any atom is -0.392 e. The number of rotatable bonds is 7. The van der Waals surface area contributed by atoms with Crippen LogP contribution in [0.15, 0.2) is 29.2 Å². The van der Waals surface area contributed by atoms with Crippen molar-refractivity contribution >= 4 is 21.8 Å². The molecule has 1 unspecified atom stereocenters. The van der Waals surface area contributed by atoms with Crippen LogP contribution in [0, 0.1) is 0 Å². The van der Waals surface area contributed by atoms with Gasteiger partial charge in [-0.1, -0.05) is 19.1 Å². The quantitative estimate of drug-likeness (QED) is 0.836. The second-order valence-electron chi connectivity index (χ2n) is 4.34. The van der Waals surface area contributed by atoms with Crippen molar-refractivity contribution in [1.82, 2.24) is 4.31 Å². The third kappa shape index (κ3) is 3.95. The zero-order valence-electron chi connectivity index (χ0n) is 11.5. The van der Waals surface area contributed by atoms with E-state index in [1.54, 1.807) is 37.0 Å². The summed E-state index contributed by atoms with van der Waals surface area (Å²) in [5, 5.41) is 9.09. The van der Waals surface area contributed by atoms with Crippen LogP contribution in [-0.2, 0) is 16.6 Å². The number of aliphatic hydroxyl groups is 1. The lowest BCUT2D eigenvalue weighted by atomic mass is 10.2. The maximum atomic E-state index is 12.5. The van der Waals surface area contributed by atoms with Crippen molar-refractivity contribution in [2.75, 3.05) is 19.1 Å². The van der Waals surface area contributed by atoms with E-state index in [1.807, 2.05) is 13.2 Å². The Kier molecular flexibility index (Phi) is 6.32. The van der Waals surface area contributed by atoms with E-state index in [0.29, 0.717) is 5.56 Å². The predicted octanol–water partition coefficient (Wildman–Crippen LogP) is 1.94. The fourth-order valence-corrected chi connectivity index (χ4v) is 4.28. The highest BCUT2D eigenvalue weighted by atomic mass is 32.2. The summed E-state index contributed by atoms with van der Waals surface area (Å²) in [6.07, 6.45) is 2.74. The van der Waals surface area contributed by atoms with Gasteiger partial charge in [-0.15, -0.1) is 0 Å². The fraction of sp³-hybridized carbons (Fsp3) is 0.538. The molecule has 0 aliphatic carbocycles. The van der Waals surface area contributed by atoms with Gasteiger partial charge in [0.05, 0.1) is 11.5 Å². The lowest BCUT2D eigenvalue weighted by Gasteiger charge is -2.26. The first-order valence-electron chi connectivity index (χ1n) is 6.14. The first-order chi connectivity index (χ1) is 8.97. The van der Waals surface area contributed by atoms with Crippen LogP contribution in [0.1, 0.15) is 18.9 Å². The zero-order chi connectivity index (χ0) is 14.5. The highest BCUT2D eigenvalue weighted by Crippen LogP contribution is 2.20. The molecule has 0 saturated carbocycles. The molecule has 1 atom stereocenters. The van der Waals surface area contributed by atoms with Gasteiger partial charge in [-0.2, -0.15) is 16.1 Å². The predicted molar refractivity (Wildman–Crippen MR) is 79.8 cm³/mol. The Balaban J connectivity index is 3.07. The summed E-state index contributed by atoms with van der Waals surface area (Å²) in [6.45, 7) is 1.83. The molecule has 19 heavy (non-hydrogen) atoms. The van der Waals surface area contributed by atoms with Crippen molar-refractivity contribution in [2.24, 2.45) is 0 Å². The molecule has 6 heteroatoms. The summed E-state index contributed by atoms with van der Waals surface area (Å²) >= 11 is 1.64. The van der Waals surface area contributed by atoms with Gasteiger partial charge in [0.2, 0.25) is 10.0 Å². The van der Waals surface area contributed by atoms with Gasteiger partial charge < -0.3 is 5.11 Å². The molecule has 0 radical (unpaired) electrons. The summed E-state index contributed by atoms with van der Waals surface area (Å²) < 4.78 is 26.5. The molecule has 0 aromatic heterocycles. The first-order valence-corrected chi connectivity index (χ1v) is 8.97. The highest BCUT2D eigenvalue weighted by molar-refractivity contribution is 7.98. The van der Waals surface area contributed by atoms with Gasteiger partial charge in [0.1, 0.15) is 0 Å². The molecule has 1 rings (SSSR count). The SMILES string of the molecule is CCC(CSC)N(C)S(=O)(=O)c1cccc(CO)c1. The number of nitrogens with zero attached hydrogens (tertiary/aromatic N) is 1. The summed E-state index contributed by atoms with van der Waals surface area (Å²) in [4.78, 5) is 0.237. The molecule has 1 aromatic carbocycles. The highest BCUT2D eigenvalue weighted by Gasteiger charge is 2.26. The Morgan fingerprint density at radius 3 is 2.63 bits per heavy atom. The molecule has 108 valence electrons. The number of hydrogen-bond acceptors (Lipinski definition) is 4. The van der Waals surface area contributed by atoms with Crippen LogP contribution in [-0.4, -0.2) is 42.9 Å². The molecule has 4 nitrogen and oxygen atoms in total. The third-order valence-corrected chi connectivity index (χ3v) is 5.73. The molecule has 0 bridgehead atoms. The second-order valence-corrected chi connectivity index (χ2v) is 7.25. The van der Waals surface area contributed by atoms with E-state index in [4.69, 9.17) is 5.11 Å². The zero-order valence-corrected chi connectivity index (χ0v) is 13.2. The Bertz CT molecular complexity index is 502. The van der Waals surface area contributed by atoms with Crippen molar-refractivity contribution in [3.63, 3.8) is 0 Å². The van der Waals surface area contributed by atoms with Crippen molar-refractivity contribution in [2.45, 2.75) is 30.9 Å². The minimum absolute atomic E-state index is 0.0159. The lowest BCUT2D eigenvalue weighted by molar-refractivity contribution is 0.281. The van der Waals surface area contributed by atoms with Gasteiger partial charge in [0.25, 0.3) is 0 Å². The molecule has 1 aromatic rings. The normalized spacial score (nSPS) is 13.7. The van der Waals surface area contributed by atoms with Crippen molar-refractivity contribution in [3.05, 3.63) is 29.8 Å². The van der Waals surface area contributed by atoms with Gasteiger partial charge in [-0.05, 0) is 30.4 Å². The van der Waals surface area contributed by atoms with Crippen LogP contribution in [0.4, 0.5) is 0 Å². The van der Waals surface area contributed by atoms with E-state index in [2.05, 4.69) is 0 Å². The Morgan fingerprint density at radius 2 is 2.11 bits per heavy atom. The monoisotopic (exact) mass is 303 g/mol. The average Bonchev–Trinajstić information content (AvgIpc) is 2.44. The van der Waals surface area contributed by atoms with Crippen LogP contribution < -0.4 is 0 Å². The summed E-state index contributed by atoms with van der Waals surface area (Å²) in [5.41, 5.74) is 0.604. The Labute approximate surface area is 119 Å². The van der Waals surface area contributed by atoms with Gasteiger partial charge in [0, 0.05) is 18.8 Å². The Hall–Kier alpha value is -0.560. The van der Waals surface area contributed by atoms with Gasteiger partial charge in [-0.25, -0.2) is 8.42 Å². The molecular weight excluding hydrogens is 282 g/mol. The van der Waals surface area contributed by atoms with E-state index in [1.165, 1.54) is 10.4 Å². The van der Waals surface area contributed by atoms with E-state index < -0.39 is 10.0 Å². The van der Waals surface area contributed by atoms with Crippen molar-refractivity contribution < 1.29 is 13.5 Å². The molecule has 0 saturated heterocycles. The number of sulfonamides is 1. The maximum absolute atomic E-state index is 12.5. The number of aliphatic hydroxyl groups excluding tert-OH is 1. The second kappa shape index (κ2) is 7.28. The summed E-state index contributed by atoms with van der Waals surface area (Å²) in [7, 11) is -1.88. The first kappa shape index (κ1) is 16.5. The van der Waals surface area contributed by atoms with E-state index in [0.717, 1.165) is 12.2 Å². The maximum Gasteiger partial charge on any atom is 0.243 e. The molecule has 0 fully saturated rings. The molecule has 0 spiro atoms. The summed E-state index contributed by atoms with van der Waals surface area (Å²) in [6, 6.07) is 6.44. The fourth-order valence-electron chi connectivity index (χ4n) is 1.84. The molecule has 0 aliphatic heterocycles. The number of thioether (sulfide) groups is 1. The number of hydrogen-bond donors (Lipinski definition) is 1. The topological polar surface area (TPSA) is 57.6 Å². The van der Waals surface area contributed by atoms with Crippen LogP contribution in [0.5, 0.6) is 0 Å². The third-order valence-electron chi connectivity index (χ3n) is 3.10. The summed E-state index contributed by atoms with van der Waals surface area (Å²) in [5.74, 6) is 0.770. The minimum atomic E-state index is -3.50. The molecule has 0 aliphatic rings. The van der Waals surface area contributed by atoms with Crippen LogP contribution in [0.3, 0.4) is 0 Å². The van der Waals surface area contributed by atoms with Crippen LogP contribution >= 0.6 is 11.8 Å². The molecule has 0 heterocycles. The Morgan fingerprint density at radius 1 is 1.42 bits per heavy atom. The van der Waals surface area contributed by atoms with Crippen LogP contribution in [0.2, 0.25) is 0 Å². The van der Waals surface area contributed by atoms with Crippen molar-refractivity contribution in [3.8, 4) is 0 Å². The van der Waals surface area contributed by atoms with Gasteiger partial charge in [-0.3, -0.25) is 0 Å². The van der Waals surface area contributed by atoms with E-state index >= 15 is 0 Å². The van der Waals surface area contributed by atoms with Crippen molar-refractivity contribution in [1.29, 1.82) is 0 Å². The smallest absolute Gasteiger partial charge is 0.243 e. The van der Waals surface area contributed by atoms with Gasteiger partial charge >= 0.3 is 0 Å².